The smallest absolute Gasteiger partial charge is 0.0700 e. The van der Waals surface area contributed by atoms with Gasteiger partial charge in [-0.3, -0.25) is 0 Å². The van der Waals surface area contributed by atoms with Gasteiger partial charge in [-0.2, -0.15) is 0 Å². The lowest BCUT2D eigenvalue weighted by Gasteiger charge is -2.18. The van der Waals surface area contributed by atoms with E-state index in [1.165, 1.54) is 0 Å². The van der Waals surface area contributed by atoms with Crippen molar-refractivity contribution in [2.24, 2.45) is 0 Å². The number of rotatable bonds is 3. The standard InChI is InChI=1S/C19H18N2/c1-3-15-13(2)18(20)19(17-12-8-7-11-16(15)17)21-14-9-5-4-6-10-14/h3-12,21H,1,20H2,2H3. The van der Waals surface area contributed by atoms with Crippen LogP contribution in [-0.2, 0) is 0 Å². The molecule has 0 aliphatic carbocycles. The molecule has 104 valence electrons. The molecule has 0 fully saturated rings. The van der Waals surface area contributed by atoms with Gasteiger partial charge in [0, 0.05) is 11.1 Å². The first-order valence-electron chi connectivity index (χ1n) is 6.97. The lowest BCUT2D eigenvalue weighted by molar-refractivity contribution is 1.46. The van der Waals surface area contributed by atoms with Gasteiger partial charge in [0.15, 0.2) is 0 Å². The Morgan fingerprint density at radius 2 is 1.57 bits per heavy atom. The number of para-hydroxylation sites is 1. The van der Waals surface area contributed by atoms with Gasteiger partial charge in [-0.1, -0.05) is 55.1 Å². The van der Waals surface area contributed by atoms with Crippen molar-refractivity contribution in [3.63, 3.8) is 0 Å². The molecule has 0 unspecified atom stereocenters. The maximum atomic E-state index is 6.36. The van der Waals surface area contributed by atoms with Crippen molar-refractivity contribution in [1.29, 1.82) is 0 Å². The van der Waals surface area contributed by atoms with Gasteiger partial charge in [0.25, 0.3) is 0 Å². The maximum Gasteiger partial charge on any atom is 0.0700 e. The average molecular weight is 274 g/mol. The summed E-state index contributed by atoms with van der Waals surface area (Å²) in [6.45, 7) is 5.96. The van der Waals surface area contributed by atoms with Crippen LogP contribution < -0.4 is 11.1 Å². The molecule has 2 nitrogen and oxygen atoms in total. The van der Waals surface area contributed by atoms with Crippen LogP contribution in [0.15, 0.2) is 61.2 Å². The zero-order chi connectivity index (χ0) is 14.8. The Kier molecular flexibility index (Phi) is 3.36. The van der Waals surface area contributed by atoms with Gasteiger partial charge in [0.2, 0.25) is 0 Å². The second kappa shape index (κ2) is 5.33. The summed E-state index contributed by atoms with van der Waals surface area (Å²) in [6, 6.07) is 18.3. The Morgan fingerprint density at radius 1 is 0.952 bits per heavy atom. The molecule has 0 spiro atoms. The third-order valence-corrected chi connectivity index (χ3v) is 3.81. The van der Waals surface area contributed by atoms with E-state index in [0.29, 0.717) is 0 Å². The third kappa shape index (κ3) is 2.25. The number of nitrogens with one attached hydrogen (secondary N) is 1. The summed E-state index contributed by atoms with van der Waals surface area (Å²) < 4.78 is 0. The Hall–Kier alpha value is -2.74. The molecule has 3 aromatic carbocycles. The van der Waals surface area contributed by atoms with E-state index in [9.17, 15) is 0 Å². The highest BCUT2D eigenvalue weighted by Gasteiger charge is 2.13. The first-order valence-corrected chi connectivity index (χ1v) is 6.97. The van der Waals surface area contributed by atoms with E-state index >= 15 is 0 Å². The molecule has 0 saturated carbocycles. The highest BCUT2D eigenvalue weighted by molar-refractivity contribution is 6.06. The van der Waals surface area contributed by atoms with Crippen LogP contribution in [0.2, 0.25) is 0 Å². The predicted octanol–water partition coefficient (Wildman–Crippen LogP) is 5.12. The fraction of sp³-hybridized carbons (Fsp3) is 0.0526. The molecule has 2 heteroatoms. The van der Waals surface area contributed by atoms with E-state index in [2.05, 4.69) is 24.0 Å². The van der Waals surface area contributed by atoms with Crippen LogP contribution in [0.4, 0.5) is 17.1 Å². The quantitative estimate of drug-likeness (QED) is 0.651. The summed E-state index contributed by atoms with van der Waals surface area (Å²) in [5, 5.41) is 5.72. The number of nitrogens with two attached hydrogens (primary N) is 1. The van der Waals surface area contributed by atoms with E-state index in [-0.39, 0.29) is 0 Å². The van der Waals surface area contributed by atoms with Gasteiger partial charge in [0.05, 0.1) is 11.4 Å². The van der Waals surface area contributed by atoms with E-state index in [4.69, 9.17) is 5.73 Å². The Bertz CT molecular complexity index is 805. The molecular formula is C19H18N2. The lowest BCUT2D eigenvalue weighted by atomic mass is 9.96. The molecular weight excluding hydrogens is 256 g/mol. The molecule has 0 saturated heterocycles. The zero-order valence-corrected chi connectivity index (χ0v) is 12.1. The Labute approximate surface area is 124 Å². The minimum Gasteiger partial charge on any atom is -0.397 e. The van der Waals surface area contributed by atoms with E-state index in [1.807, 2.05) is 55.5 Å². The van der Waals surface area contributed by atoms with Gasteiger partial charge in [0.1, 0.15) is 0 Å². The number of nitrogen functional groups attached to an aromatic ring is 1. The molecule has 0 bridgehead atoms. The van der Waals surface area contributed by atoms with Crippen molar-refractivity contribution in [2.75, 3.05) is 11.1 Å². The summed E-state index contributed by atoms with van der Waals surface area (Å²) in [6.07, 6.45) is 1.88. The van der Waals surface area contributed by atoms with Crippen molar-refractivity contribution < 1.29 is 0 Å². The summed E-state index contributed by atoms with van der Waals surface area (Å²) in [7, 11) is 0. The highest BCUT2D eigenvalue weighted by Crippen LogP contribution is 2.38. The monoisotopic (exact) mass is 274 g/mol. The van der Waals surface area contributed by atoms with Gasteiger partial charge in [-0.25, -0.2) is 0 Å². The van der Waals surface area contributed by atoms with E-state index in [1.54, 1.807) is 0 Å². The zero-order valence-electron chi connectivity index (χ0n) is 12.1. The SMILES string of the molecule is C=Cc1c(C)c(N)c(Nc2ccccc2)c2ccccc12. The highest BCUT2D eigenvalue weighted by atomic mass is 14.9. The number of hydrogen-bond donors (Lipinski definition) is 2. The second-order valence-corrected chi connectivity index (χ2v) is 5.07. The van der Waals surface area contributed by atoms with Crippen LogP contribution in [0.25, 0.3) is 16.8 Å². The summed E-state index contributed by atoms with van der Waals surface area (Å²) in [5.74, 6) is 0. The lowest BCUT2D eigenvalue weighted by Crippen LogP contribution is -2.02. The minimum atomic E-state index is 0.771. The van der Waals surface area contributed by atoms with Crippen molar-refractivity contribution in [1.82, 2.24) is 0 Å². The molecule has 0 heterocycles. The maximum absolute atomic E-state index is 6.36. The Morgan fingerprint density at radius 3 is 2.24 bits per heavy atom. The van der Waals surface area contributed by atoms with Crippen molar-refractivity contribution >= 4 is 33.9 Å². The Balaban J connectivity index is 2.27. The van der Waals surface area contributed by atoms with Crippen LogP contribution in [0.1, 0.15) is 11.1 Å². The fourth-order valence-corrected chi connectivity index (χ4v) is 2.68. The van der Waals surface area contributed by atoms with Gasteiger partial charge in [-0.15, -0.1) is 0 Å². The molecule has 21 heavy (non-hydrogen) atoms. The third-order valence-electron chi connectivity index (χ3n) is 3.81. The van der Waals surface area contributed by atoms with Gasteiger partial charge >= 0.3 is 0 Å². The molecule has 0 atom stereocenters. The van der Waals surface area contributed by atoms with Crippen molar-refractivity contribution in [3.8, 4) is 0 Å². The average Bonchev–Trinajstić information content (AvgIpc) is 2.53. The predicted molar refractivity (Wildman–Crippen MR) is 92.9 cm³/mol. The minimum absolute atomic E-state index is 0.771. The van der Waals surface area contributed by atoms with Crippen molar-refractivity contribution in [3.05, 3.63) is 72.3 Å². The second-order valence-electron chi connectivity index (χ2n) is 5.07. The summed E-state index contributed by atoms with van der Waals surface area (Å²) >= 11 is 0. The van der Waals surface area contributed by atoms with E-state index in [0.717, 1.165) is 39.0 Å². The fourth-order valence-electron chi connectivity index (χ4n) is 2.68. The summed E-state index contributed by atoms with van der Waals surface area (Å²) in [4.78, 5) is 0. The molecule has 0 aliphatic rings. The first-order chi connectivity index (χ1) is 10.2. The van der Waals surface area contributed by atoms with Crippen LogP contribution in [0.5, 0.6) is 0 Å². The van der Waals surface area contributed by atoms with E-state index < -0.39 is 0 Å². The molecule has 0 aromatic heterocycles. The molecule has 0 radical (unpaired) electrons. The molecule has 3 N–H and O–H groups in total. The molecule has 0 aliphatic heterocycles. The van der Waals surface area contributed by atoms with Crippen LogP contribution in [0, 0.1) is 6.92 Å². The number of fused-ring (bicyclic) bond motifs is 1. The van der Waals surface area contributed by atoms with Crippen LogP contribution in [0.3, 0.4) is 0 Å². The van der Waals surface area contributed by atoms with Crippen molar-refractivity contribution in [2.45, 2.75) is 6.92 Å². The molecule has 0 amide bonds. The first kappa shape index (κ1) is 13.3. The van der Waals surface area contributed by atoms with Gasteiger partial charge in [-0.05, 0) is 35.6 Å². The number of anilines is 3. The van der Waals surface area contributed by atoms with Crippen LogP contribution in [-0.4, -0.2) is 0 Å². The van der Waals surface area contributed by atoms with Crippen LogP contribution >= 0.6 is 0 Å². The number of hydrogen-bond acceptors (Lipinski definition) is 2. The van der Waals surface area contributed by atoms with Gasteiger partial charge < -0.3 is 11.1 Å². The molecule has 3 rings (SSSR count). The number of benzene rings is 3. The normalized spacial score (nSPS) is 10.5. The molecule has 3 aromatic rings. The largest absolute Gasteiger partial charge is 0.397 e. The summed E-state index contributed by atoms with van der Waals surface area (Å²) in [5.41, 5.74) is 11.3. The topological polar surface area (TPSA) is 38.0 Å².